The summed E-state index contributed by atoms with van der Waals surface area (Å²) in [6.45, 7) is 6.14. The number of hydrogen-bond donors (Lipinski definition) is 2. The van der Waals surface area contributed by atoms with Crippen molar-refractivity contribution in [2.45, 2.75) is 33.2 Å². The molecule has 0 saturated carbocycles. The van der Waals surface area contributed by atoms with E-state index in [0.717, 1.165) is 18.2 Å². The molecule has 0 fully saturated rings. The molecule has 6 heteroatoms. The van der Waals surface area contributed by atoms with E-state index >= 15 is 0 Å². The summed E-state index contributed by atoms with van der Waals surface area (Å²) >= 11 is 0. The van der Waals surface area contributed by atoms with Crippen molar-refractivity contribution >= 4 is 21.6 Å². The van der Waals surface area contributed by atoms with Crippen LogP contribution in [0.4, 0.5) is 5.69 Å². The Bertz CT molecular complexity index is 859. The third-order valence-electron chi connectivity index (χ3n) is 4.10. The Balaban J connectivity index is 2.12. The molecule has 0 unspecified atom stereocenters. The fraction of sp³-hybridized carbons (Fsp3) is 0.316. The van der Waals surface area contributed by atoms with Gasteiger partial charge in [-0.05, 0) is 61.2 Å². The second-order valence-electron chi connectivity index (χ2n) is 6.23. The minimum Gasteiger partial charge on any atom is -0.345 e. The fourth-order valence-corrected chi connectivity index (χ4v) is 3.11. The molecule has 2 N–H and O–H groups in total. The van der Waals surface area contributed by atoms with Crippen molar-refractivity contribution in [2.75, 3.05) is 11.0 Å². The number of nitrogens with one attached hydrogen (secondary N) is 2. The third-order valence-corrected chi connectivity index (χ3v) is 4.70. The van der Waals surface area contributed by atoms with Crippen LogP contribution in [0.5, 0.6) is 0 Å². The molecule has 2 rings (SSSR count). The van der Waals surface area contributed by atoms with E-state index in [0.29, 0.717) is 11.3 Å². The Kier molecular flexibility index (Phi) is 5.85. The van der Waals surface area contributed by atoms with Crippen molar-refractivity contribution < 1.29 is 13.2 Å². The van der Waals surface area contributed by atoms with Gasteiger partial charge in [-0.15, -0.1) is 0 Å². The standard InChI is InChI=1S/C19H24N2O3S/c1-5-18(16-7-6-13(2)14(3)12-16)20-19(22)15-8-10-17(11-9-15)21-25(4,23)24/h6-12,18,21H,5H2,1-4H3,(H,20,22)/t18-/m0/s1. The SMILES string of the molecule is CC[C@H](NC(=O)c1ccc(NS(C)(=O)=O)cc1)c1ccc(C)c(C)c1. The van der Waals surface area contributed by atoms with Gasteiger partial charge >= 0.3 is 0 Å². The van der Waals surface area contributed by atoms with E-state index in [1.807, 2.05) is 13.0 Å². The van der Waals surface area contributed by atoms with Crippen LogP contribution in [0.25, 0.3) is 0 Å². The van der Waals surface area contributed by atoms with Crippen molar-refractivity contribution in [3.05, 3.63) is 64.7 Å². The smallest absolute Gasteiger partial charge is 0.251 e. The summed E-state index contributed by atoms with van der Waals surface area (Å²) in [5, 5.41) is 3.04. The van der Waals surface area contributed by atoms with E-state index < -0.39 is 10.0 Å². The molecular formula is C19H24N2O3S. The maximum atomic E-state index is 12.5. The number of benzene rings is 2. The van der Waals surface area contributed by atoms with Gasteiger partial charge in [-0.2, -0.15) is 0 Å². The normalized spacial score (nSPS) is 12.5. The number of hydrogen-bond acceptors (Lipinski definition) is 3. The molecule has 0 aliphatic carbocycles. The van der Waals surface area contributed by atoms with E-state index in [2.05, 4.69) is 36.0 Å². The highest BCUT2D eigenvalue weighted by Gasteiger charge is 2.15. The molecule has 0 aliphatic heterocycles. The first-order chi connectivity index (χ1) is 11.7. The largest absolute Gasteiger partial charge is 0.345 e. The van der Waals surface area contributed by atoms with Gasteiger partial charge < -0.3 is 5.32 Å². The van der Waals surface area contributed by atoms with Crippen molar-refractivity contribution in [2.24, 2.45) is 0 Å². The Morgan fingerprint density at radius 3 is 2.20 bits per heavy atom. The zero-order chi connectivity index (χ0) is 18.6. The van der Waals surface area contributed by atoms with E-state index in [9.17, 15) is 13.2 Å². The van der Waals surface area contributed by atoms with Crippen molar-refractivity contribution in [1.29, 1.82) is 0 Å². The summed E-state index contributed by atoms with van der Waals surface area (Å²) in [5.41, 5.74) is 4.41. The summed E-state index contributed by atoms with van der Waals surface area (Å²) in [4.78, 5) is 12.5. The highest BCUT2D eigenvalue weighted by Crippen LogP contribution is 2.21. The predicted molar refractivity (Wildman–Crippen MR) is 101 cm³/mol. The van der Waals surface area contributed by atoms with E-state index in [1.54, 1.807) is 24.3 Å². The highest BCUT2D eigenvalue weighted by atomic mass is 32.2. The third kappa shape index (κ3) is 5.32. The molecule has 0 spiro atoms. The summed E-state index contributed by atoms with van der Waals surface area (Å²) in [5.74, 6) is -0.184. The van der Waals surface area contributed by atoms with E-state index in [4.69, 9.17) is 0 Å². The van der Waals surface area contributed by atoms with Gasteiger partial charge in [0.2, 0.25) is 10.0 Å². The first-order valence-corrected chi connectivity index (χ1v) is 10.0. The second-order valence-corrected chi connectivity index (χ2v) is 7.98. The van der Waals surface area contributed by atoms with Crippen molar-refractivity contribution in [3.8, 4) is 0 Å². The number of carbonyl (C=O) groups excluding carboxylic acids is 1. The lowest BCUT2D eigenvalue weighted by atomic mass is 9.99. The molecule has 0 aliphatic rings. The summed E-state index contributed by atoms with van der Waals surface area (Å²) in [7, 11) is -3.33. The Morgan fingerprint density at radius 2 is 1.68 bits per heavy atom. The number of sulfonamides is 1. The molecule has 0 aromatic heterocycles. The lowest BCUT2D eigenvalue weighted by molar-refractivity contribution is 0.0935. The van der Waals surface area contributed by atoms with Crippen LogP contribution in [0.1, 0.15) is 46.4 Å². The molecule has 0 radical (unpaired) electrons. The maximum Gasteiger partial charge on any atom is 0.251 e. The predicted octanol–water partition coefficient (Wildman–Crippen LogP) is 3.56. The van der Waals surface area contributed by atoms with Crippen LogP contribution in [0.3, 0.4) is 0 Å². The first-order valence-electron chi connectivity index (χ1n) is 8.15. The number of aryl methyl sites for hydroxylation is 2. The zero-order valence-electron chi connectivity index (χ0n) is 15.0. The van der Waals surface area contributed by atoms with Gasteiger partial charge in [0.1, 0.15) is 0 Å². The highest BCUT2D eigenvalue weighted by molar-refractivity contribution is 7.92. The van der Waals surface area contributed by atoms with Gasteiger partial charge in [-0.1, -0.05) is 25.1 Å². The van der Waals surface area contributed by atoms with Crippen LogP contribution in [0.2, 0.25) is 0 Å². The minimum absolute atomic E-state index is 0.0689. The van der Waals surface area contributed by atoms with Crippen LogP contribution < -0.4 is 10.0 Å². The molecular weight excluding hydrogens is 336 g/mol. The molecule has 1 amide bonds. The molecule has 2 aromatic rings. The number of carbonyl (C=O) groups is 1. The molecule has 2 aromatic carbocycles. The number of anilines is 1. The average Bonchev–Trinajstić information content (AvgIpc) is 2.54. The zero-order valence-corrected chi connectivity index (χ0v) is 15.8. The van der Waals surface area contributed by atoms with Crippen LogP contribution in [0.15, 0.2) is 42.5 Å². The second kappa shape index (κ2) is 7.70. The average molecular weight is 360 g/mol. The summed E-state index contributed by atoms with van der Waals surface area (Å²) in [6.07, 6.45) is 1.87. The van der Waals surface area contributed by atoms with E-state index in [1.165, 1.54) is 11.1 Å². The maximum absolute atomic E-state index is 12.5. The molecule has 25 heavy (non-hydrogen) atoms. The van der Waals surface area contributed by atoms with Gasteiger partial charge in [0.15, 0.2) is 0 Å². The van der Waals surface area contributed by atoms with Crippen LogP contribution in [0, 0.1) is 13.8 Å². The lowest BCUT2D eigenvalue weighted by Crippen LogP contribution is -2.28. The van der Waals surface area contributed by atoms with Gasteiger partial charge in [0.25, 0.3) is 5.91 Å². The van der Waals surface area contributed by atoms with Gasteiger partial charge in [-0.25, -0.2) is 8.42 Å². The van der Waals surface area contributed by atoms with Gasteiger partial charge in [0.05, 0.1) is 12.3 Å². The van der Waals surface area contributed by atoms with Gasteiger partial charge in [0, 0.05) is 11.3 Å². The Labute approximate surface area is 149 Å². The Hall–Kier alpha value is -2.34. The summed E-state index contributed by atoms with van der Waals surface area (Å²) in [6, 6.07) is 12.5. The van der Waals surface area contributed by atoms with Crippen LogP contribution in [-0.2, 0) is 10.0 Å². The molecule has 0 heterocycles. The van der Waals surface area contributed by atoms with E-state index in [-0.39, 0.29) is 11.9 Å². The molecule has 5 nitrogen and oxygen atoms in total. The lowest BCUT2D eigenvalue weighted by Gasteiger charge is -2.19. The van der Waals surface area contributed by atoms with Crippen LogP contribution in [-0.4, -0.2) is 20.6 Å². The first kappa shape index (κ1) is 19.0. The van der Waals surface area contributed by atoms with Crippen molar-refractivity contribution in [1.82, 2.24) is 5.32 Å². The topological polar surface area (TPSA) is 75.3 Å². The molecule has 0 saturated heterocycles. The monoisotopic (exact) mass is 360 g/mol. The molecule has 134 valence electrons. The number of rotatable bonds is 6. The quantitative estimate of drug-likeness (QED) is 0.827. The van der Waals surface area contributed by atoms with Gasteiger partial charge in [-0.3, -0.25) is 9.52 Å². The number of amides is 1. The molecule has 1 atom stereocenters. The van der Waals surface area contributed by atoms with Crippen molar-refractivity contribution in [3.63, 3.8) is 0 Å². The molecule has 0 bridgehead atoms. The minimum atomic E-state index is -3.33. The Morgan fingerprint density at radius 1 is 1.04 bits per heavy atom. The van der Waals surface area contributed by atoms with Crippen LogP contribution >= 0.6 is 0 Å². The fourth-order valence-electron chi connectivity index (χ4n) is 2.55. The summed E-state index contributed by atoms with van der Waals surface area (Å²) < 4.78 is 24.8.